The number of rotatable bonds is 14. The van der Waals surface area contributed by atoms with Crippen molar-refractivity contribution in [3.05, 3.63) is 76.5 Å². The molecule has 1 atom stereocenters. The zero-order chi connectivity index (χ0) is 35.1. The smallest absolute Gasteiger partial charge is 0.256 e. The Hall–Kier alpha value is -5.04. The first-order chi connectivity index (χ1) is 23.8. The molecule has 3 aromatic carbocycles. The van der Waals surface area contributed by atoms with E-state index >= 15 is 0 Å². The van der Waals surface area contributed by atoms with Crippen molar-refractivity contribution >= 4 is 18.0 Å². The molecular weight excluding hydrogens is 642 g/mol. The van der Waals surface area contributed by atoms with Crippen molar-refractivity contribution in [3.8, 4) is 34.5 Å². The predicted molar refractivity (Wildman–Crippen MR) is 176 cm³/mol. The molecule has 3 aromatic rings. The first-order valence-corrected chi connectivity index (χ1v) is 15.8. The van der Waals surface area contributed by atoms with Gasteiger partial charge in [-0.25, -0.2) is 8.78 Å². The van der Waals surface area contributed by atoms with Gasteiger partial charge in [-0.2, -0.15) is 0 Å². The Morgan fingerprint density at radius 2 is 1.55 bits per heavy atom. The number of methoxy groups -OCH3 is 5. The van der Waals surface area contributed by atoms with E-state index in [9.17, 15) is 18.4 Å². The van der Waals surface area contributed by atoms with Crippen LogP contribution in [0.3, 0.4) is 0 Å². The number of hydrogen-bond donors (Lipinski definition) is 0. The normalized spacial score (nSPS) is 16.0. The minimum Gasteiger partial charge on any atom is -0.496 e. The van der Waals surface area contributed by atoms with Gasteiger partial charge in [0, 0.05) is 49.9 Å². The molecule has 2 aliphatic heterocycles. The van der Waals surface area contributed by atoms with Crippen molar-refractivity contribution in [1.29, 1.82) is 0 Å². The van der Waals surface area contributed by atoms with Crippen molar-refractivity contribution < 1.29 is 51.5 Å². The molecule has 1 fully saturated rings. The van der Waals surface area contributed by atoms with E-state index in [2.05, 4.69) is 4.90 Å². The first kappa shape index (κ1) is 35.3. The summed E-state index contributed by atoms with van der Waals surface area (Å²) in [5, 5.41) is 0. The summed E-state index contributed by atoms with van der Waals surface area (Å²) in [5.41, 5.74) is 0.918. The molecule has 1 amide bonds. The van der Waals surface area contributed by atoms with E-state index in [0.29, 0.717) is 89.7 Å². The number of aldehydes is 1. The van der Waals surface area contributed by atoms with Crippen LogP contribution in [-0.2, 0) is 9.53 Å². The molecule has 13 heteroatoms. The van der Waals surface area contributed by atoms with Gasteiger partial charge in [0.1, 0.15) is 41.1 Å². The van der Waals surface area contributed by atoms with Crippen LogP contribution in [0.15, 0.2) is 48.2 Å². The SMILES string of the molecule is COc1cc(OC)c2c(c1)OC(c1cc(OC)c(OC)c(OC)c1)=C(OCCCCN1CCN(C(=O)c3ccc(F)cc3F)CC1)C2C=O. The lowest BCUT2D eigenvalue weighted by atomic mass is 9.91. The van der Waals surface area contributed by atoms with Crippen molar-refractivity contribution in [2.45, 2.75) is 18.8 Å². The Morgan fingerprint density at radius 3 is 2.14 bits per heavy atom. The maximum Gasteiger partial charge on any atom is 0.256 e. The summed E-state index contributed by atoms with van der Waals surface area (Å²) in [5.74, 6) is 0.198. The maximum absolute atomic E-state index is 14.1. The van der Waals surface area contributed by atoms with Crippen molar-refractivity contribution in [2.24, 2.45) is 0 Å². The third-order valence-corrected chi connectivity index (χ3v) is 8.57. The van der Waals surface area contributed by atoms with Crippen LogP contribution in [0.2, 0.25) is 0 Å². The minimum atomic E-state index is -0.863. The molecule has 0 N–H and O–H groups in total. The summed E-state index contributed by atoms with van der Waals surface area (Å²) < 4.78 is 68.0. The second kappa shape index (κ2) is 15.9. The number of amides is 1. The number of allylic oxidation sites excluding steroid dienone is 1. The summed E-state index contributed by atoms with van der Waals surface area (Å²) in [4.78, 5) is 29.4. The average Bonchev–Trinajstić information content (AvgIpc) is 3.12. The number of nitrogens with zero attached hydrogens (tertiary/aromatic N) is 2. The maximum atomic E-state index is 14.1. The summed E-state index contributed by atoms with van der Waals surface area (Å²) in [6, 6.07) is 9.80. The summed E-state index contributed by atoms with van der Waals surface area (Å²) >= 11 is 0. The van der Waals surface area contributed by atoms with E-state index in [0.717, 1.165) is 31.4 Å². The molecule has 0 saturated carbocycles. The lowest BCUT2D eigenvalue weighted by Gasteiger charge is -2.35. The van der Waals surface area contributed by atoms with Crippen LogP contribution in [0.4, 0.5) is 8.78 Å². The van der Waals surface area contributed by atoms with Gasteiger partial charge in [-0.15, -0.1) is 0 Å². The summed E-state index contributed by atoms with van der Waals surface area (Å²) in [6.07, 6.45) is 2.23. The summed E-state index contributed by atoms with van der Waals surface area (Å²) in [7, 11) is 7.57. The molecule has 1 unspecified atom stereocenters. The van der Waals surface area contributed by atoms with E-state index in [1.165, 1.54) is 41.6 Å². The van der Waals surface area contributed by atoms with E-state index in [1.54, 1.807) is 29.2 Å². The standard InChI is InChI=1S/C36H40F2N2O9/c1-43-24-19-28(44-2)32-26(21-41)34(33(49-29(32)20-24)22-16-30(45-3)35(47-5)31(17-22)46-4)48-15-7-6-10-39-11-13-40(14-12-39)36(42)25-9-8-23(37)18-27(25)38/h8-9,16-21,26H,6-7,10-15H2,1-5H3. The number of unbranched alkanes of at least 4 members (excludes halogenated alkanes) is 1. The highest BCUT2D eigenvalue weighted by molar-refractivity contribution is 5.94. The topological polar surface area (TPSA) is 105 Å². The Balaban J connectivity index is 1.30. The molecule has 0 aromatic heterocycles. The molecule has 11 nitrogen and oxygen atoms in total. The van der Waals surface area contributed by atoms with Gasteiger partial charge in [0.05, 0.1) is 53.3 Å². The van der Waals surface area contributed by atoms with E-state index in [1.807, 2.05) is 0 Å². The molecule has 49 heavy (non-hydrogen) atoms. The second-order valence-electron chi connectivity index (χ2n) is 11.4. The van der Waals surface area contributed by atoms with Crippen LogP contribution in [0.25, 0.3) is 5.76 Å². The molecule has 2 heterocycles. The quantitative estimate of drug-likeness (QED) is 0.164. The van der Waals surface area contributed by atoms with Gasteiger partial charge in [0.15, 0.2) is 23.0 Å². The van der Waals surface area contributed by atoms with Gasteiger partial charge in [-0.05, 0) is 43.7 Å². The fraction of sp³-hybridized carbons (Fsp3) is 0.389. The molecule has 0 radical (unpaired) electrons. The fourth-order valence-corrected chi connectivity index (χ4v) is 6.01. The molecule has 0 bridgehead atoms. The highest BCUT2D eigenvalue weighted by Crippen LogP contribution is 2.50. The second-order valence-corrected chi connectivity index (χ2v) is 11.4. The number of halogens is 2. The number of fused-ring (bicyclic) bond motifs is 1. The third-order valence-electron chi connectivity index (χ3n) is 8.57. The van der Waals surface area contributed by atoms with Crippen LogP contribution < -0.4 is 28.4 Å². The van der Waals surface area contributed by atoms with Gasteiger partial charge in [0.25, 0.3) is 5.91 Å². The van der Waals surface area contributed by atoms with Crippen LogP contribution in [-0.4, -0.2) is 96.9 Å². The number of carbonyl (C=O) groups excluding carboxylic acids is 2. The van der Waals surface area contributed by atoms with Gasteiger partial charge in [-0.3, -0.25) is 9.69 Å². The molecular formula is C36H40F2N2O9. The highest BCUT2D eigenvalue weighted by atomic mass is 19.1. The van der Waals surface area contributed by atoms with Crippen LogP contribution in [0.5, 0.6) is 34.5 Å². The molecule has 2 aliphatic rings. The Kier molecular flexibility index (Phi) is 11.4. The van der Waals surface area contributed by atoms with Crippen molar-refractivity contribution in [2.75, 3.05) is 74.9 Å². The van der Waals surface area contributed by atoms with Gasteiger partial charge in [-0.1, -0.05) is 0 Å². The number of benzene rings is 3. The highest BCUT2D eigenvalue weighted by Gasteiger charge is 2.36. The van der Waals surface area contributed by atoms with Gasteiger partial charge < -0.3 is 42.9 Å². The fourth-order valence-electron chi connectivity index (χ4n) is 6.01. The van der Waals surface area contributed by atoms with Crippen molar-refractivity contribution in [3.63, 3.8) is 0 Å². The van der Waals surface area contributed by atoms with Crippen LogP contribution in [0, 0.1) is 11.6 Å². The lowest BCUT2D eigenvalue weighted by molar-refractivity contribution is -0.109. The van der Waals surface area contributed by atoms with Gasteiger partial charge in [0.2, 0.25) is 5.75 Å². The Morgan fingerprint density at radius 1 is 0.857 bits per heavy atom. The number of piperazine rings is 1. The molecule has 0 spiro atoms. The number of carbonyl (C=O) groups is 2. The molecule has 262 valence electrons. The Labute approximate surface area is 283 Å². The first-order valence-electron chi connectivity index (χ1n) is 15.8. The van der Waals surface area contributed by atoms with E-state index in [4.69, 9.17) is 33.2 Å². The largest absolute Gasteiger partial charge is 0.496 e. The molecule has 5 rings (SSSR count). The van der Waals surface area contributed by atoms with E-state index in [-0.39, 0.29) is 12.2 Å². The molecule has 0 aliphatic carbocycles. The minimum absolute atomic E-state index is 0.132. The zero-order valence-electron chi connectivity index (χ0n) is 28.2. The summed E-state index contributed by atoms with van der Waals surface area (Å²) in [6.45, 7) is 3.13. The number of hydrogen-bond acceptors (Lipinski definition) is 10. The van der Waals surface area contributed by atoms with Gasteiger partial charge >= 0.3 is 0 Å². The average molecular weight is 683 g/mol. The predicted octanol–water partition coefficient (Wildman–Crippen LogP) is 5.31. The van der Waals surface area contributed by atoms with E-state index < -0.39 is 23.5 Å². The monoisotopic (exact) mass is 682 g/mol. The molecule has 1 saturated heterocycles. The third kappa shape index (κ3) is 7.51. The Bertz CT molecular complexity index is 1680. The number of ether oxygens (including phenoxy) is 7. The van der Waals surface area contributed by atoms with Crippen LogP contribution >= 0.6 is 0 Å². The zero-order valence-corrected chi connectivity index (χ0v) is 28.2. The van der Waals surface area contributed by atoms with Crippen molar-refractivity contribution in [1.82, 2.24) is 9.80 Å². The van der Waals surface area contributed by atoms with Crippen LogP contribution in [0.1, 0.15) is 40.2 Å². The lowest BCUT2D eigenvalue weighted by Crippen LogP contribution is -2.49.